The van der Waals surface area contributed by atoms with Crippen molar-refractivity contribution in [3.05, 3.63) is 28.0 Å². The zero-order valence-corrected chi connectivity index (χ0v) is 11.7. The van der Waals surface area contributed by atoms with Crippen molar-refractivity contribution in [3.8, 4) is 11.5 Å². The third kappa shape index (κ3) is 2.42. The molecular formula is C13H13Cl2N3O. The minimum Gasteiger partial charge on any atom is -0.397 e. The summed E-state index contributed by atoms with van der Waals surface area (Å²) in [5.41, 5.74) is 6.93. The third-order valence-electron chi connectivity index (χ3n) is 3.49. The standard InChI is InChI=1S/C13H13Cl2N3O/c14-8-5-9(11(16)10(15)6-8)13-17-12(18-19-13)7-3-1-2-4-7/h5-7H,1-4,16H2. The first kappa shape index (κ1) is 12.8. The molecule has 0 amide bonds. The number of nitrogens with two attached hydrogens (primary N) is 1. The van der Waals surface area contributed by atoms with Gasteiger partial charge in [-0.3, -0.25) is 0 Å². The van der Waals surface area contributed by atoms with Crippen LogP contribution < -0.4 is 5.73 Å². The quantitative estimate of drug-likeness (QED) is 0.840. The summed E-state index contributed by atoms with van der Waals surface area (Å²) in [6, 6.07) is 3.28. The summed E-state index contributed by atoms with van der Waals surface area (Å²) in [5.74, 6) is 1.53. The zero-order chi connectivity index (χ0) is 13.4. The average Bonchev–Trinajstić information content (AvgIpc) is 3.03. The van der Waals surface area contributed by atoms with Crippen molar-refractivity contribution in [3.63, 3.8) is 0 Å². The molecule has 0 aliphatic heterocycles. The molecule has 0 spiro atoms. The van der Waals surface area contributed by atoms with Gasteiger partial charge in [0.1, 0.15) is 0 Å². The van der Waals surface area contributed by atoms with Crippen LogP contribution >= 0.6 is 23.2 Å². The van der Waals surface area contributed by atoms with E-state index in [4.69, 9.17) is 33.5 Å². The normalized spacial score (nSPS) is 16.1. The van der Waals surface area contributed by atoms with Crippen LogP contribution in [0, 0.1) is 0 Å². The number of nitrogens with zero attached hydrogens (tertiary/aromatic N) is 2. The molecule has 1 saturated carbocycles. The number of hydrogen-bond donors (Lipinski definition) is 1. The molecule has 4 nitrogen and oxygen atoms in total. The number of anilines is 1. The van der Waals surface area contributed by atoms with E-state index in [1.807, 2.05) is 0 Å². The van der Waals surface area contributed by atoms with Crippen LogP contribution in [0.3, 0.4) is 0 Å². The second-order valence-electron chi connectivity index (χ2n) is 4.79. The second-order valence-corrected chi connectivity index (χ2v) is 5.63. The molecule has 19 heavy (non-hydrogen) atoms. The topological polar surface area (TPSA) is 64.9 Å². The van der Waals surface area contributed by atoms with Crippen LogP contribution in [0.15, 0.2) is 16.7 Å². The highest BCUT2D eigenvalue weighted by atomic mass is 35.5. The Kier molecular flexibility index (Phi) is 3.37. The van der Waals surface area contributed by atoms with Gasteiger partial charge in [-0.1, -0.05) is 41.2 Å². The van der Waals surface area contributed by atoms with Crippen molar-refractivity contribution < 1.29 is 4.52 Å². The maximum atomic E-state index is 6.00. The minimum atomic E-state index is 0.379. The van der Waals surface area contributed by atoms with Crippen molar-refractivity contribution in [1.29, 1.82) is 0 Å². The van der Waals surface area contributed by atoms with Crippen LogP contribution in [-0.2, 0) is 0 Å². The van der Waals surface area contributed by atoms with Gasteiger partial charge in [0.15, 0.2) is 5.82 Å². The van der Waals surface area contributed by atoms with Gasteiger partial charge >= 0.3 is 0 Å². The van der Waals surface area contributed by atoms with E-state index in [9.17, 15) is 0 Å². The molecule has 2 N–H and O–H groups in total. The molecular weight excluding hydrogens is 285 g/mol. The number of aromatic nitrogens is 2. The number of benzene rings is 1. The summed E-state index contributed by atoms with van der Waals surface area (Å²) in [6.45, 7) is 0. The molecule has 0 saturated heterocycles. The van der Waals surface area contributed by atoms with Crippen LogP contribution in [0.5, 0.6) is 0 Å². The van der Waals surface area contributed by atoms with Gasteiger partial charge in [0.25, 0.3) is 5.89 Å². The molecule has 0 radical (unpaired) electrons. The second kappa shape index (κ2) is 5.02. The smallest absolute Gasteiger partial charge is 0.260 e. The Hall–Kier alpha value is -1.26. The first-order chi connectivity index (χ1) is 9.15. The average molecular weight is 298 g/mol. The van der Waals surface area contributed by atoms with E-state index in [-0.39, 0.29) is 0 Å². The van der Waals surface area contributed by atoms with E-state index in [0.717, 1.165) is 18.7 Å². The van der Waals surface area contributed by atoms with Crippen LogP contribution in [-0.4, -0.2) is 10.1 Å². The Labute approximate surface area is 120 Å². The SMILES string of the molecule is Nc1c(Cl)cc(Cl)cc1-c1nc(C2CCCC2)no1. The van der Waals surface area contributed by atoms with Gasteiger partial charge in [-0.25, -0.2) is 0 Å². The molecule has 100 valence electrons. The van der Waals surface area contributed by atoms with Gasteiger partial charge in [-0.15, -0.1) is 0 Å². The van der Waals surface area contributed by atoms with Crippen molar-refractivity contribution in [2.75, 3.05) is 5.73 Å². The first-order valence-corrected chi connectivity index (χ1v) is 6.99. The first-order valence-electron chi connectivity index (χ1n) is 6.23. The van der Waals surface area contributed by atoms with Gasteiger partial charge in [-0.2, -0.15) is 4.98 Å². The van der Waals surface area contributed by atoms with Gasteiger partial charge in [0.2, 0.25) is 0 Å². The lowest BCUT2D eigenvalue weighted by Crippen LogP contribution is -1.95. The summed E-state index contributed by atoms with van der Waals surface area (Å²) in [4.78, 5) is 4.43. The number of rotatable bonds is 2. The Morgan fingerprint density at radius 3 is 2.68 bits per heavy atom. The lowest BCUT2D eigenvalue weighted by atomic mass is 10.1. The van der Waals surface area contributed by atoms with E-state index < -0.39 is 0 Å². The molecule has 0 unspecified atom stereocenters. The molecule has 1 aromatic carbocycles. The molecule has 0 bridgehead atoms. The van der Waals surface area contributed by atoms with Crippen molar-refractivity contribution in [1.82, 2.24) is 10.1 Å². The molecule has 1 aliphatic rings. The van der Waals surface area contributed by atoms with Gasteiger partial charge in [-0.05, 0) is 25.0 Å². The fourth-order valence-electron chi connectivity index (χ4n) is 2.46. The Bertz CT molecular complexity index is 606. The summed E-state index contributed by atoms with van der Waals surface area (Å²) < 4.78 is 5.30. The van der Waals surface area contributed by atoms with E-state index in [2.05, 4.69) is 10.1 Å². The van der Waals surface area contributed by atoms with Crippen LogP contribution in [0.25, 0.3) is 11.5 Å². The Morgan fingerprint density at radius 1 is 1.21 bits per heavy atom. The number of hydrogen-bond acceptors (Lipinski definition) is 4. The lowest BCUT2D eigenvalue weighted by molar-refractivity contribution is 0.416. The number of nitrogen functional groups attached to an aromatic ring is 1. The maximum absolute atomic E-state index is 6.00. The zero-order valence-electron chi connectivity index (χ0n) is 10.2. The summed E-state index contributed by atoms with van der Waals surface area (Å²) >= 11 is 12.0. The lowest BCUT2D eigenvalue weighted by Gasteiger charge is -2.04. The highest BCUT2D eigenvalue weighted by Gasteiger charge is 2.23. The fourth-order valence-corrected chi connectivity index (χ4v) is 2.95. The van der Waals surface area contributed by atoms with Crippen LogP contribution in [0.4, 0.5) is 5.69 Å². The fraction of sp³-hybridized carbons (Fsp3) is 0.385. The monoisotopic (exact) mass is 297 g/mol. The molecule has 1 heterocycles. The highest BCUT2D eigenvalue weighted by molar-refractivity contribution is 6.37. The Balaban J connectivity index is 1.98. The molecule has 1 aliphatic carbocycles. The molecule has 0 atom stereocenters. The molecule has 2 aromatic rings. The molecule has 3 rings (SSSR count). The molecule has 1 fully saturated rings. The van der Waals surface area contributed by atoms with E-state index >= 15 is 0 Å². The van der Waals surface area contributed by atoms with Crippen LogP contribution in [0.1, 0.15) is 37.4 Å². The van der Waals surface area contributed by atoms with Gasteiger partial charge < -0.3 is 10.3 Å². The largest absolute Gasteiger partial charge is 0.397 e. The summed E-state index contributed by atoms with van der Waals surface area (Å²) in [6.07, 6.45) is 4.68. The highest BCUT2D eigenvalue weighted by Crippen LogP contribution is 2.36. The van der Waals surface area contributed by atoms with Crippen molar-refractivity contribution in [2.45, 2.75) is 31.6 Å². The van der Waals surface area contributed by atoms with Crippen LogP contribution in [0.2, 0.25) is 10.0 Å². The maximum Gasteiger partial charge on any atom is 0.260 e. The van der Waals surface area contributed by atoms with Gasteiger partial charge in [0.05, 0.1) is 16.3 Å². The molecule has 1 aromatic heterocycles. The third-order valence-corrected chi connectivity index (χ3v) is 4.02. The number of halogens is 2. The summed E-state index contributed by atoms with van der Waals surface area (Å²) in [7, 11) is 0. The predicted molar refractivity (Wildman–Crippen MR) is 75.4 cm³/mol. The van der Waals surface area contributed by atoms with E-state index in [1.54, 1.807) is 12.1 Å². The predicted octanol–water partition coefficient (Wildman–Crippen LogP) is 4.28. The van der Waals surface area contributed by atoms with Gasteiger partial charge in [0, 0.05) is 10.9 Å². The van der Waals surface area contributed by atoms with E-state index in [1.165, 1.54) is 12.8 Å². The van der Waals surface area contributed by atoms with E-state index in [0.29, 0.717) is 33.1 Å². The molecule has 6 heteroatoms. The Morgan fingerprint density at radius 2 is 1.95 bits per heavy atom. The minimum absolute atomic E-state index is 0.379. The summed E-state index contributed by atoms with van der Waals surface area (Å²) in [5, 5.41) is 4.93. The van der Waals surface area contributed by atoms with Crippen molar-refractivity contribution in [2.24, 2.45) is 0 Å². The van der Waals surface area contributed by atoms with Crippen molar-refractivity contribution >= 4 is 28.9 Å².